The molecule has 0 aliphatic carbocycles. The Morgan fingerprint density at radius 2 is 2.27 bits per heavy atom. The smallest absolute Gasteiger partial charge is 0.134 e. The first-order valence-electron chi connectivity index (χ1n) is 5.96. The monoisotopic (exact) mass is 223 g/mol. The van der Waals surface area contributed by atoms with Gasteiger partial charge in [-0.1, -0.05) is 0 Å². The van der Waals surface area contributed by atoms with E-state index in [-0.39, 0.29) is 0 Å². The van der Waals surface area contributed by atoms with Crippen molar-refractivity contribution in [1.82, 2.24) is 14.8 Å². The van der Waals surface area contributed by atoms with Crippen LogP contribution in [0.1, 0.15) is 37.3 Å². The zero-order chi connectivity index (χ0) is 10.1. The summed E-state index contributed by atoms with van der Waals surface area (Å²) in [5.74, 6) is 3.80. The summed E-state index contributed by atoms with van der Waals surface area (Å²) in [6, 6.07) is 0. The second-order valence-electron chi connectivity index (χ2n) is 4.48. The van der Waals surface area contributed by atoms with E-state index in [4.69, 9.17) is 0 Å². The van der Waals surface area contributed by atoms with Gasteiger partial charge in [-0.3, -0.25) is 0 Å². The van der Waals surface area contributed by atoms with E-state index < -0.39 is 0 Å². The van der Waals surface area contributed by atoms with Gasteiger partial charge >= 0.3 is 0 Å². The van der Waals surface area contributed by atoms with Crippen molar-refractivity contribution in [3.63, 3.8) is 0 Å². The third-order valence-electron chi connectivity index (χ3n) is 3.37. The summed E-state index contributed by atoms with van der Waals surface area (Å²) >= 11 is 2.11. The first kappa shape index (κ1) is 9.70. The van der Waals surface area contributed by atoms with Crippen LogP contribution < -0.4 is 0 Å². The lowest BCUT2D eigenvalue weighted by Crippen LogP contribution is -2.15. The largest absolute Gasteiger partial charge is 0.315 e. The maximum atomic E-state index is 4.36. The van der Waals surface area contributed by atoms with Gasteiger partial charge in [-0.2, -0.15) is 11.8 Å². The van der Waals surface area contributed by atoms with Crippen LogP contribution in [0.3, 0.4) is 0 Å². The van der Waals surface area contributed by atoms with Gasteiger partial charge in [0.25, 0.3) is 0 Å². The molecule has 15 heavy (non-hydrogen) atoms. The molecule has 3 nitrogen and oxygen atoms in total. The van der Waals surface area contributed by atoms with Crippen LogP contribution in [0, 0.1) is 0 Å². The highest BCUT2D eigenvalue weighted by molar-refractivity contribution is 8.00. The van der Waals surface area contributed by atoms with Crippen molar-refractivity contribution in [1.29, 1.82) is 0 Å². The predicted molar refractivity (Wildman–Crippen MR) is 62.1 cm³/mol. The van der Waals surface area contributed by atoms with Crippen LogP contribution in [0.4, 0.5) is 0 Å². The predicted octanol–water partition coefficient (Wildman–Crippen LogP) is 2.05. The average Bonchev–Trinajstić information content (AvgIpc) is 2.89. The molecule has 2 aliphatic rings. The van der Waals surface area contributed by atoms with Crippen molar-refractivity contribution < 1.29 is 0 Å². The minimum atomic E-state index is 0.806. The van der Waals surface area contributed by atoms with Crippen LogP contribution in [-0.4, -0.2) is 25.8 Å². The number of thioether (sulfide) groups is 1. The highest BCUT2D eigenvalue weighted by atomic mass is 32.2. The summed E-state index contributed by atoms with van der Waals surface area (Å²) < 4.78 is 2.36. The maximum Gasteiger partial charge on any atom is 0.134 e. The van der Waals surface area contributed by atoms with E-state index in [9.17, 15) is 0 Å². The molecule has 0 N–H and O–H groups in total. The molecule has 0 aromatic carbocycles. The van der Waals surface area contributed by atoms with Gasteiger partial charge in [0.15, 0.2) is 0 Å². The van der Waals surface area contributed by atoms with E-state index in [2.05, 4.69) is 26.5 Å². The summed E-state index contributed by atoms with van der Waals surface area (Å²) in [5, 5.41) is 9.47. The van der Waals surface area contributed by atoms with Crippen molar-refractivity contribution in [2.45, 2.75) is 50.3 Å². The summed E-state index contributed by atoms with van der Waals surface area (Å²) in [6.45, 7) is 1.15. The molecule has 3 rings (SSSR count). The molecular weight excluding hydrogens is 206 g/mol. The van der Waals surface area contributed by atoms with Crippen LogP contribution >= 0.6 is 11.8 Å². The van der Waals surface area contributed by atoms with E-state index in [1.807, 2.05) is 0 Å². The van der Waals surface area contributed by atoms with E-state index >= 15 is 0 Å². The zero-order valence-corrected chi connectivity index (χ0v) is 9.80. The molecule has 4 heteroatoms. The molecule has 2 aliphatic heterocycles. The topological polar surface area (TPSA) is 30.7 Å². The normalized spacial score (nSPS) is 25.5. The van der Waals surface area contributed by atoms with Crippen LogP contribution in [0.25, 0.3) is 0 Å². The van der Waals surface area contributed by atoms with Crippen molar-refractivity contribution in [3.8, 4) is 0 Å². The van der Waals surface area contributed by atoms with Crippen LogP contribution in [-0.2, 0) is 19.4 Å². The molecular formula is C11H17N3S. The number of aryl methyl sites for hydroxylation is 1. The zero-order valence-electron chi connectivity index (χ0n) is 8.98. The lowest BCUT2D eigenvalue weighted by molar-refractivity contribution is 0.505. The van der Waals surface area contributed by atoms with Gasteiger partial charge in [0, 0.05) is 24.6 Å². The van der Waals surface area contributed by atoms with E-state index in [1.165, 1.54) is 43.1 Å². The molecule has 82 valence electrons. The van der Waals surface area contributed by atoms with E-state index in [0.29, 0.717) is 0 Å². The number of aromatic nitrogens is 3. The fourth-order valence-corrected chi connectivity index (χ4v) is 3.80. The van der Waals surface area contributed by atoms with Gasteiger partial charge in [-0.05, 0) is 31.4 Å². The summed E-state index contributed by atoms with van der Waals surface area (Å²) in [6.07, 6.45) is 7.61. The number of hydrogen-bond acceptors (Lipinski definition) is 3. The molecule has 1 aromatic heterocycles. The Labute approximate surface area is 94.7 Å². The molecule has 0 saturated carbocycles. The quantitative estimate of drug-likeness (QED) is 0.769. The number of hydrogen-bond donors (Lipinski definition) is 0. The second-order valence-corrected chi connectivity index (χ2v) is 5.89. The van der Waals surface area contributed by atoms with E-state index in [1.54, 1.807) is 0 Å². The molecule has 0 bridgehead atoms. The maximum absolute atomic E-state index is 4.36. The van der Waals surface area contributed by atoms with Crippen LogP contribution in [0.5, 0.6) is 0 Å². The van der Waals surface area contributed by atoms with Gasteiger partial charge in [-0.15, -0.1) is 10.2 Å². The second kappa shape index (κ2) is 4.16. The average molecular weight is 223 g/mol. The van der Waals surface area contributed by atoms with Crippen LogP contribution in [0.2, 0.25) is 0 Å². The lowest BCUT2D eigenvalue weighted by Gasteiger charge is -2.15. The minimum absolute atomic E-state index is 0.806. The highest BCUT2D eigenvalue weighted by Gasteiger charge is 2.21. The fraction of sp³-hybridized carbons (Fsp3) is 0.818. The minimum Gasteiger partial charge on any atom is -0.315 e. The van der Waals surface area contributed by atoms with Crippen molar-refractivity contribution in [2.75, 3.05) is 5.75 Å². The Bertz CT molecular complexity index is 342. The summed E-state index contributed by atoms with van der Waals surface area (Å²) in [4.78, 5) is 0. The standard InChI is InChI=1S/C11H17N3S/c1-2-6-14-10(5-1)12-13-11(14)8-9-4-3-7-15-9/h9H,1-8H2. The molecule has 1 fully saturated rings. The molecule has 0 spiro atoms. The third-order valence-corrected chi connectivity index (χ3v) is 4.77. The Hall–Kier alpha value is -0.510. The van der Waals surface area contributed by atoms with Crippen molar-refractivity contribution in [3.05, 3.63) is 11.6 Å². The Morgan fingerprint density at radius 1 is 1.27 bits per heavy atom. The lowest BCUT2D eigenvalue weighted by atomic mass is 10.1. The first-order valence-corrected chi connectivity index (χ1v) is 7.01. The Morgan fingerprint density at radius 3 is 3.13 bits per heavy atom. The Kier molecular flexibility index (Phi) is 2.69. The number of fused-ring (bicyclic) bond motifs is 1. The molecule has 1 aromatic rings. The van der Waals surface area contributed by atoms with E-state index in [0.717, 1.165) is 24.6 Å². The van der Waals surface area contributed by atoms with Gasteiger partial charge in [0.05, 0.1) is 0 Å². The molecule has 1 saturated heterocycles. The molecule has 1 atom stereocenters. The van der Waals surface area contributed by atoms with Crippen molar-refractivity contribution >= 4 is 11.8 Å². The Balaban J connectivity index is 1.76. The number of rotatable bonds is 2. The summed E-state index contributed by atoms with van der Waals surface area (Å²) in [7, 11) is 0. The van der Waals surface area contributed by atoms with Gasteiger partial charge in [0.2, 0.25) is 0 Å². The molecule has 0 amide bonds. The van der Waals surface area contributed by atoms with Crippen molar-refractivity contribution in [2.24, 2.45) is 0 Å². The fourth-order valence-electron chi connectivity index (χ4n) is 2.53. The SMILES string of the molecule is C1CCn2c(nnc2CC2CCCS2)C1. The third kappa shape index (κ3) is 1.92. The molecule has 1 unspecified atom stereocenters. The van der Waals surface area contributed by atoms with Crippen LogP contribution in [0.15, 0.2) is 0 Å². The van der Waals surface area contributed by atoms with Gasteiger partial charge < -0.3 is 4.57 Å². The molecule has 0 radical (unpaired) electrons. The summed E-state index contributed by atoms with van der Waals surface area (Å²) in [5.41, 5.74) is 0. The molecule has 3 heterocycles. The van der Waals surface area contributed by atoms with Gasteiger partial charge in [-0.25, -0.2) is 0 Å². The highest BCUT2D eigenvalue weighted by Crippen LogP contribution is 2.29. The number of nitrogens with zero attached hydrogens (tertiary/aromatic N) is 3. The first-order chi connectivity index (χ1) is 7.43. The van der Waals surface area contributed by atoms with Gasteiger partial charge in [0.1, 0.15) is 11.6 Å².